The van der Waals surface area contributed by atoms with Crippen molar-refractivity contribution in [2.24, 2.45) is 0 Å². The van der Waals surface area contributed by atoms with Gasteiger partial charge in [0.05, 0.1) is 30.2 Å². The van der Waals surface area contributed by atoms with Crippen molar-refractivity contribution in [2.45, 2.75) is 23.7 Å². The zero-order chi connectivity index (χ0) is 20.1. The summed E-state index contributed by atoms with van der Waals surface area (Å²) in [5.74, 6) is 0.428. The van der Waals surface area contributed by atoms with Crippen LogP contribution in [-0.4, -0.2) is 36.8 Å². The molecular formula is C20H21BrClNO4S. The summed E-state index contributed by atoms with van der Waals surface area (Å²) in [5, 5.41) is 3.77. The lowest BCUT2D eigenvalue weighted by Gasteiger charge is -2.27. The van der Waals surface area contributed by atoms with Gasteiger partial charge in [0.25, 0.3) is 0 Å². The van der Waals surface area contributed by atoms with E-state index in [2.05, 4.69) is 21.2 Å². The molecule has 5 nitrogen and oxygen atoms in total. The molecule has 8 heteroatoms. The third kappa shape index (κ3) is 5.02. The third-order valence-corrected chi connectivity index (χ3v) is 6.43. The van der Waals surface area contributed by atoms with Gasteiger partial charge in [-0.05, 0) is 42.5 Å². The Kier molecular flexibility index (Phi) is 7.28. The number of carbonyl (C=O) groups is 1. The van der Waals surface area contributed by atoms with E-state index in [9.17, 15) is 4.79 Å². The number of hydrogen-bond acceptors (Lipinski definition) is 5. The molecule has 2 atom stereocenters. The molecule has 2 aromatic rings. The second-order valence-corrected chi connectivity index (χ2v) is 8.36. The van der Waals surface area contributed by atoms with Crippen LogP contribution in [0.3, 0.4) is 0 Å². The molecular weight excluding hydrogens is 466 g/mol. The molecule has 1 aliphatic rings. The van der Waals surface area contributed by atoms with Crippen LogP contribution in [0.15, 0.2) is 47.4 Å². The Balaban J connectivity index is 1.63. The summed E-state index contributed by atoms with van der Waals surface area (Å²) < 4.78 is 17.5. The second-order valence-electron chi connectivity index (χ2n) is 6.30. The van der Waals surface area contributed by atoms with Crippen LogP contribution in [0, 0.1) is 0 Å². The number of amides is 1. The van der Waals surface area contributed by atoms with E-state index in [-0.39, 0.29) is 12.0 Å². The monoisotopic (exact) mass is 485 g/mol. The number of carbonyl (C=O) groups excluding carboxylic acids is 1. The van der Waals surface area contributed by atoms with Crippen molar-refractivity contribution >= 4 is 50.9 Å². The van der Waals surface area contributed by atoms with E-state index >= 15 is 0 Å². The highest BCUT2D eigenvalue weighted by molar-refractivity contribution is 9.09. The Morgan fingerprint density at radius 2 is 2.11 bits per heavy atom. The lowest BCUT2D eigenvalue weighted by Crippen LogP contribution is -2.30. The van der Waals surface area contributed by atoms with E-state index in [1.807, 2.05) is 36.4 Å². The molecule has 1 aliphatic heterocycles. The average Bonchev–Trinajstić information content (AvgIpc) is 3.11. The zero-order valence-corrected chi connectivity index (χ0v) is 18.7. The molecule has 0 aliphatic carbocycles. The van der Waals surface area contributed by atoms with Crippen molar-refractivity contribution in [1.82, 2.24) is 0 Å². The number of anilines is 1. The van der Waals surface area contributed by atoms with Gasteiger partial charge in [0.2, 0.25) is 11.7 Å². The van der Waals surface area contributed by atoms with Crippen LogP contribution in [0.25, 0.3) is 0 Å². The predicted octanol–water partition coefficient (Wildman–Crippen LogP) is 5.06. The van der Waals surface area contributed by atoms with E-state index in [1.54, 1.807) is 24.9 Å². The summed E-state index contributed by atoms with van der Waals surface area (Å²) in [6.45, 7) is 1.97. The minimum atomic E-state index is -0.913. The lowest BCUT2D eigenvalue weighted by molar-refractivity contribution is -0.154. The molecule has 0 aromatic heterocycles. The summed E-state index contributed by atoms with van der Waals surface area (Å²) in [4.78, 5) is 12.2. The highest BCUT2D eigenvalue weighted by atomic mass is 79.9. The summed E-state index contributed by atoms with van der Waals surface area (Å²) in [6, 6.07) is 13.2. The van der Waals surface area contributed by atoms with Crippen LogP contribution in [0.2, 0.25) is 5.02 Å². The van der Waals surface area contributed by atoms with Crippen molar-refractivity contribution in [3.8, 4) is 5.75 Å². The molecule has 28 heavy (non-hydrogen) atoms. The van der Waals surface area contributed by atoms with Crippen LogP contribution in [0.4, 0.5) is 5.69 Å². The quantitative estimate of drug-likeness (QED) is 0.438. The van der Waals surface area contributed by atoms with Crippen molar-refractivity contribution < 1.29 is 19.0 Å². The molecule has 3 rings (SSSR count). The van der Waals surface area contributed by atoms with Gasteiger partial charge in [-0.15, -0.1) is 11.8 Å². The first-order valence-electron chi connectivity index (χ1n) is 8.68. The number of alkyl halides is 1. The van der Waals surface area contributed by atoms with E-state index < -0.39 is 5.79 Å². The lowest BCUT2D eigenvalue weighted by atomic mass is 10.1. The number of methoxy groups -OCH3 is 1. The summed E-state index contributed by atoms with van der Waals surface area (Å²) >= 11 is 11.6. The summed E-state index contributed by atoms with van der Waals surface area (Å²) in [6.07, 6.45) is -0.0734. The van der Waals surface area contributed by atoms with E-state index in [4.69, 9.17) is 25.8 Å². The zero-order valence-electron chi connectivity index (χ0n) is 15.5. The molecule has 1 N–H and O–H groups in total. The minimum absolute atomic E-state index is 0.0734. The predicted molar refractivity (Wildman–Crippen MR) is 116 cm³/mol. The maximum atomic E-state index is 11.1. The van der Waals surface area contributed by atoms with Crippen LogP contribution < -0.4 is 10.1 Å². The fraction of sp³-hybridized carbons (Fsp3) is 0.350. The number of benzene rings is 2. The molecule has 2 aromatic carbocycles. The molecule has 150 valence electrons. The van der Waals surface area contributed by atoms with Crippen LogP contribution in [-0.2, 0) is 20.1 Å². The van der Waals surface area contributed by atoms with Gasteiger partial charge >= 0.3 is 0 Å². The van der Waals surface area contributed by atoms with Gasteiger partial charge in [-0.2, -0.15) is 0 Å². The molecule has 1 heterocycles. The van der Waals surface area contributed by atoms with Gasteiger partial charge in [-0.25, -0.2) is 0 Å². The Morgan fingerprint density at radius 3 is 2.71 bits per heavy atom. The van der Waals surface area contributed by atoms with Crippen molar-refractivity contribution in [2.75, 3.05) is 30.1 Å². The molecule has 1 fully saturated rings. The SMILES string of the molecule is COc1ccc([C@@]2(CBr)OC[C@@H](CSc3ccc(NC(C)=O)cc3)O2)c(Cl)c1. The normalized spacial score (nSPS) is 21.5. The summed E-state index contributed by atoms with van der Waals surface area (Å²) in [7, 11) is 1.60. The van der Waals surface area contributed by atoms with Crippen LogP contribution >= 0.6 is 39.3 Å². The van der Waals surface area contributed by atoms with E-state index in [1.165, 1.54) is 6.92 Å². The van der Waals surface area contributed by atoms with Crippen molar-refractivity contribution in [3.05, 3.63) is 53.1 Å². The maximum Gasteiger partial charge on any atom is 0.221 e. The van der Waals surface area contributed by atoms with E-state index in [0.29, 0.717) is 22.7 Å². The Morgan fingerprint density at radius 1 is 1.36 bits per heavy atom. The standard InChI is InChI=1S/C20H21BrClNO4S/c1-13(24)23-14-3-6-17(7-4-14)28-11-16-10-26-20(12-21,27-16)18-8-5-15(25-2)9-19(18)22/h3-9,16H,10-12H2,1-2H3,(H,23,24)/t16-,20-/m0/s1. The minimum Gasteiger partial charge on any atom is -0.497 e. The first-order chi connectivity index (χ1) is 13.5. The highest BCUT2D eigenvalue weighted by Gasteiger charge is 2.43. The van der Waals surface area contributed by atoms with Gasteiger partial charge in [0.15, 0.2) is 0 Å². The van der Waals surface area contributed by atoms with Crippen LogP contribution in [0.1, 0.15) is 12.5 Å². The van der Waals surface area contributed by atoms with Crippen molar-refractivity contribution in [1.29, 1.82) is 0 Å². The topological polar surface area (TPSA) is 56.8 Å². The number of thioether (sulfide) groups is 1. The Labute approximate surface area is 182 Å². The largest absolute Gasteiger partial charge is 0.497 e. The van der Waals surface area contributed by atoms with Gasteiger partial charge < -0.3 is 19.5 Å². The molecule has 1 saturated heterocycles. The van der Waals surface area contributed by atoms with Gasteiger partial charge in [0.1, 0.15) is 5.75 Å². The number of ether oxygens (including phenoxy) is 3. The molecule has 1 amide bonds. The Bertz CT molecular complexity index is 835. The maximum absolute atomic E-state index is 11.1. The molecule has 0 saturated carbocycles. The highest BCUT2D eigenvalue weighted by Crippen LogP contribution is 2.41. The third-order valence-electron chi connectivity index (χ3n) is 4.23. The number of nitrogens with one attached hydrogen (secondary N) is 1. The number of halogens is 2. The molecule has 0 bridgehead atoms. The first kappa shape index (κ1) is 21.5. The number of rotatable bonds is 7. The van der Waals surface area contributed by atoms with Crippen molar-refractivity contribution in [3.63, 3.8) is 0 Å². The second kappa shape index (κ2) is 9.50. The van der Waals surface area contributed by atoms with E-state index in [0.717, 1.165) is 21.9 Å². The van der Waals surface area contributed by atoms with Gasteiger partial charge in [-0.3, -0.25) is 4.79 Å². The van der Waals surface area contributed by atoms with Gasteiger partial charge in [-0.1, -0.05) is 27.5 Å². The average molecular weight is 487 g/mol. The summed E-state index contributed by atoms with van der Waals surface area (Å²) in [5.41, 5.74) is 1.56. The molecule has 0 spiro atoms. The van der Waals surface area contributed by atoms with Crippen LogP contribution in [0.5, 0.6) is 5.75 Å². The van der Waals surface area contributed by atoms with Gasteiger partial charge in [0, 0.05) is 28.8 Å². The molecule has 0 unspecified atom stereocenters. The fourth-order valence-electron chi connectivity index (χ4n) is 2.89. The first-order valence-corrected chi connectivity index (χ1v) is 11.2. The number of hydrogen-bond donors (Lipinski definition) is 1. The smallest absolute Gasteiger partial charge is 0.221 e. The fourth-order valence-corrected chi connectivity index (χ4v) is 4.67. The molecule has 0 radical (unpaired) electrons. The Hall–Kier alpha value is -1.25.